The number of hydrogen-bond acceptors (Lipinski definition) is 4. The van der Waals surface area contributed by atoms with Crippen molar-refractivity contribution in [1.29, 1.82) is 0 Å². The topological polar surface area (TPSA) is 53.6 Å². The molecule has 0 unspecified atom stereocenters. The lowest BCUT2D eigenvalue weighted by molar-refractivity contribution is 0.137. The summed E-state index contributed by atoms with van der Waals surface area (Å²) < 4.78 is 4.93. The molecule has 0 radical (unpaired) electrons. The molecule has 1 saturated heterocycles. The third-order valence-corrected chi connectivity index (χ3v) is 5.15. The first-order chi connectivity index (χ1) is 10.7. The highest BCUT2D eigenvalue weighted by molar-refractivity contribution is 7.10. The van der Waals surface area contributed by atoms with Gasteiger partial charge in [-0.1, -0.05) is 13.0 Å². The molecule has 0 aromatic carbocycles. The number of piperidine rings is 1. The van der Waals surface area contributed by atoms with Crippen molar-refractivity contribution < 1.29 is 9.53 Å². The molecule has 0 bridgehead atoms. The number of carbonyl (C=O) groups is 1. The summed E-state index contributed by atoms with van der Waals surface area (Å²) >= 11 is 1.77. The number of amides is 2. The summed E-state index contributed by atoms with van der Waals surface area (Å²) in [5, 5.41) is 7.91. The number of methoxy groups -OCH3 is 1. The highest BCUT2D eigenvalue weighted by Gasteiger charge is 2.25. The Kier molecular flexibility index (Phi) is 7.15. The molecule has 1 aromatic heterocycles. The van der Waals surface area contributed by atoms with Crippen LogP contribution in [0.5, 0.6) is 0 Å². The molecule has 0 aliphatic carbocycles. The van der Waals surface area contributed by atoms with Crippen molar-refractivity contribution in [3.63, 3.8) is 0 Å². The Morgan fingerprint density at radius 2 is 2.23 bits per heavy atom. The van der Waals surface area contributed by atoms with Crippen LogP contribution in [0.1, 0.15) is 30.7 Å². The summed E-state index contributed by atoms with van der Waals surface area (Å²) in [6.07, 6.45) is 2.48. The number of urea groups is 1. The van der Waals surface area contributed by atoms with Crippen molar-refractivity contribution in [2.45, 2.75) is 25.8 Å². The first-order valence-corrected chi connectivity index (χ1v) is 8.86. The zero-order valence-electron chi connectivity index (χ0n) is 13.5. The van der Waals surface area contributed by atoms with Crippen molar-refractivity contribution in [2.24, 2.45) is 5.92 Å². The van der Waals surface area contributed by atoms with Crippen LogP contribution >= 0.6 is 11.3 Å². The van der Waals surface area contributed by atoms with Gasteiger partial charge in [-0.05, 0) is 43.3 Å². The van der Waals surface area contributed by atoms with Crippen LogP contribution in [0.4, 0.5) is 4.79 Å². The van der Waals surface area contributed by atoms with Gasteiger partial charge in [0.2, 0.25) is 0 Å². The lowest BCUT2D eigenvalue weighted by Gasteiger charge is -2.36. The second-order valence-electron chi connectivity index (χ2n) is 5.88. The predicted octanol–water partition coefficient (Wildman–Crippen LogP) is 2.47. The molecule has 2 heterocycles. The van der Waals surface area contributed by atoms with Gasteiger partial charge >= 0.3 is 6.03 Å². The molecule has 1 atom stereocenters. The molecule has 2 amide bonds. The number of rotatable bonds is 7. The zero-order valence-corrected chi connectivity index (χ0v) is 14.3. The fourth-order valence-electron chi connectivity index (χ4n) is 2.75. The summed E-state index contributed by atoms with van der Waals surface area (Å²) in [7, 11) is 1.63. The Bertz CT molecular complexity index is 431. The summed E-state index contributed by atoms with van der Waals surface area (Å²) in [6, 6.07) is 4.40. The van der Waals surface area contributed by atoms with E-state index in [9.17, 15) is 4.79 Å². The first-order valence-electron chi connectivity index (χ1n) is 7.98. The Labute approximate surface area is 137 Å². The van der Waals surface area contributed by atoms with E-state index < -0.39 is 0 Å². The van der Waals surface area contributed by atoms with E-state index in [2.05, 4.69) is 40.0 Å². The summed E-state index contributed by atoms with van der Waals surface area (Å²) in [6.45, 7) is 6.25. The lowest BCUT2D eigenvalue weighted by Crippen LogP contribution is -2.44. The molecule has 22 heavy (non-hydrogen) atoms. The smallest absolute Gasteiger partial charge is 0.314 e. The molecule has 1 fully saturated rings. The minimum absolute atomic E-state index is 0.121. The number of thiophene rings is 1. The Hall–Kier alpha value is -1.11. The van der Waals surface area contributed by atoms with Gasteiger partial charge in [0, 0.05) is 25.1 Å². The van der Waals surface area contributed by atoms with E-state index in [1.165, 1.54) is 17.7 Å². The second-order valence-corrected chi connectivity index (χ2v) is 6.86. The van der Waals surface area contributed by atoms with Gasteiger partial charge in [0.15, 0.2) is 0 Å². The number of carbonyl (C=O) groups excluding carboxylic acids is 1. The summed E-state index contributed by atoms with van der Waals surface area (Å²) in [5.41, 5.74) is 0. The van der Waals surface area contributed by atoms with Gasteiger partial charge in [-0.15, -0.1) is 11.3 Å². The van der Waals surface area contributed by atoms with Gasteiger partial charge in [0.25, 0.3) is 0 Å². The maximum absolute atomic E-state index is 11.8. The van der Waals surface area contributed by atoms with Crippen LogP contribution in [0, 0.1) is 5.92 Å². The molecule has 6 heteroatoms. The third-order valence-electron chi connectivity index (χ3n) is 4.18. The third kappa shape index (κ3) is 5.26. The Morgan fingerprint density at radius 3 is 2.86 bits per heavy atom. The van der Waals surface area contributed by atoms with Crippen LogP contribution in [-0.2, 0) is 4.74 Å². The lowest BCUT2D eigenvalue weighted by atomic mass is 9.97. The average Bonchev–Trinajstić information content (AvgIpc) is 3.04. The van der Waals surface area contributed by atoms with Crippen molar-refractivity contribution in [3.8, 4) is 0 Å². The molecule has 0 saturated carbocycles. The van der Waals surface area contributed by atoms with Gasteiger partial charge in [0.1, 0.15) is 0 Å². The standard InChI is InChI=1S/C16H27N3O2S/c1-13-5-8-19(9-6-13)14(15-4-3-11-22-15)12-18-16(20)17-7-10-21-2/h3-4,11,13-14H,5-10,12H2,1-2H3,(H2,17,18,20)/t14-/m1/s1. The molecular weight excluding hydrogens is 298 g/mol. The van der Waals surface area contributed by atoms with Gasteiger partial charge < -0.3 is 15.4 Å². The molecule has 1 aliphatic rings. The molecule has 2 N–H and O–H groups in total. The van der Waals surface area contributed by atoms with E-state index in [0.29, 0.717) is 19.7 Å². The fourth-order valence-corrected chi connectivity index (χ4v) is 3.61. The Morgan fingerprint density at radius 1 is 1.45 bits per heavy atom. The monoisotopic (exact) mass is 325 g/mol. The maximum Gasteiger partial charge on any atom is 0.314 e. The second kappa shape index (κ2) is 9.12. The average molecular weight is 325 g/mol. The minimum Gasteiger partial charge on any atom is -0.383 e. The van der Waals surface area contributed by atoms with E-state index in [0.717, 1.165) is 19.0 Å². The molecule has 124 valence electrons. The summed E-state index contributed by atoms with van der Waals surface area (Å²) in [4.78, 5) is 15.7. The molecule has 2 rings (SSSR count). The van der Waals surface area contributed by atoms with Crippen LogP contribution in [0.3, 0.4) is 0 Å². The first kappa shape index (κ1) is 17.2. The summed E-state index contributed by atoms with van der Waals surface area (Å²) in [5.74, 6) is 0.811. The van der Waals surface area contributed by atoms with E-state index in [1.54, 1.807) is 18.4 Å². The van der Waals surface area contributed by atoms with Crippen molar-refractivity contribution in [1.82, 2.24) is 15.5 Å². The van der Waals surface area contributed by atoms with E-state index >= 15 is 0 Å². The van der Waals surface area contributed by atoms with E-state index in [4.69, 9.17) is 4.74 Å². The molecule has 1 aliphatic heterocycles. The molecule has 5 nitrogen and oxygen atoms in total. The fraction of sp³-hybridized carbons (Fsp3) is 0.688. The normalized spacial score (nSPS) is 18.1. The van der Waals surface area contributed by atoms with E-state index in [1.807, 2.05) is 0 Å². The zero-order chi connectivity index (χ0) is 15.8. The van der Waals surface area contributed by atoms with Crippen LogP contribution in [0.25, 0.3) is 0 Å². The van der Waals surface area contributed by atoms with E-state index in [-0.39, 0.29) is 12.1 Å². The molecule has 0 spiro atoms. The number of likely N-dealkylation sites (tertiary alicyclic amines) is 1. The molecule has 1 aromatic rings. The van der Waals surface area contributed by atoms with Crippen molar-refractivity contribution >= 4 is 17.4 Å². The number of nitrogens with one attached hydrogen (secondary N) is 2. The van der Waals surface area contributed by atoms with Crippen molar-refractivity contribution in [2.75, 3.05) is 39.9 Å². The highest BCUT2D eigenvalue weighted by Crippen LogP contribution is 2.28. The van der Waals surface area contributed by atoms with Crippen LogP contribution < -0.4 is 10.6 Å². The van der Waals surface area contributed by atoms with Gasteiger partial charge in [0.05, 0.1) is 12.6 Å². The maximum atomic E-state index is 11.8. The van der Waals surface area contributed by atoms with Crippen LogP contribution in [0.2, 0.25) is 0 Å². The van der Waals surface area contributed by atoms with Crippen LogP contribution in [0.15, 0.2) is 17.5 Å². The quantitative estimate of drug-likeness (QED) is 0.757. The Balaban J connectivity index is 1.87. The minimum atomic E-state index is -0.121. The van der Waals surface area contributed by atoms with Crippen LogP contribution in [-0.4, -0.2) is 50.8 Å². The van der Waals surface area contributed by atoms with Gasteiger partial charge in [-0.2, -0.15) is 0 Å². The molecular formula is C16H27N3O2S. The SMILES string of the molecule is COCCNC(=O)NC[C@H](c1cccs1)N1CCC(C)CC1. The number of ether oxygens (including phenoxy) is 1. The van der Waals surface area contributed by atoms with Crippen molar-refractivity contribution in [3.05, 3.63) is 22.4 Å². The van der Waals surface area contributed by atoms with Gasteiger partial charge in [-0.3, -0.25) is 4.90 Å². The number of nitrogens with zero attached hydrogens (tertiary/aromatic N) is 1. The highest BCUT2D eigenvalue weighted by atomic mass is 32.1. The van der Waals surface area contributed by atoms with Gasteiger partial charge in [-0.25, -0.2) is 4.79 Å². The number of hydrogen-bond donors (Lipinski definition) is 2. The largest absolute Gasteiger partial charge is 0.383 e. The predicted molar refractivity (Wildman–Crippen MR) is 90.3 cm³/mol.